The molecule has 0 bridgehead atoms. The third-order valence-corrected chi connectivity index (χ3v) is 2.80. The molecule has 3 heteroatoms. The first-order valence-corrected chi connectivity index (χ1v) is 6.05. The summed E-state index contributed by atoms with van der Waals surface area (Å²) in [6, 6.07) is 9.85. The van der Waals surface area contributed by atoms with E-state index < -0.39 is 0 Å². The highest BCUT2D eigenvalue weighted by molar-refractivity contribution is 5.70. The van der Waals surface area contributed by atoms with Crippen LogP contribution in [0.2, 0.25) is 0 Å². The summed E-state index contributed by atoms with van der Waals surface area (Å²) >= 11 is 0. The van der Waals surface area contributed by atoms with Gasteiger partial charge < -0.3 is 9.47 Å². The second kappa shape index (κ2) is 6.05. The molecule has 0 saturated heterocycles. The van der Waals surface area contributed by atoms with E-state index in [1.807, 2.05) is 49.5 Å². The summed E-state index contributed by atoms with van der Waals surface area (Å²) in [6.07, 6.45) is 5.90. The number of aryl methyl sites for hydroxylation is 1. The predicted molar refractivity (Wildman–Crippen MR) is 77.4 cm³/mol. The van der Waals surface area contributed by atoms with Crippen LogP contribution in [0.4, 0.5) is 0 Å². The van der Waals surface area contributed by atoms with E-state index >= 15 is 0 Å². The van der Waals surface area contributed by atoms with E-state index in [9.17, 15) is 0 Å². The molecule has 3 nitrogen and oxygen atoms in total. The Kier molecular flexibility index (Phi) is 4.18. The second-order valence-corrected chi connectivity index (χ2v) is 4.18. The van der Waals surface area contributed by atoms with Gasteiger partial charge in [0.05, 0.1) is 14.2 Å². The summed E-state index contributed by atoms with van der Waals surface area (Å²) in [7, 11) is 3.27. The number of hydrogen-bond donors (Lipinski definition) is 0. The molecule has 0 atom stereocenters. The Hall–Kier alpha value is -2.29. The molecule has 0 fully saturated rings. The number of ether oxygens (including phenoxy) is 2. The molecule has 1 aromatic carbocycles. The van der Waals surface area contributed by atoms with Gasteiger partial charge in [-0.05, 0) is 42.3 Å². The number of methoxy groups -OCH3 is 2. The molecular weight excluding hydrogens is 238 g/mol. The third kappa shape index (κ3) is 3.35. The minimum Gasteiger partial charge on any atom is -0.493 e. The van der Waals surface area contributed by atoms with Crippen molar-refractivity contribution < 1.29 is 9.47 Å². The smallest absolute Gasteiger partial charge is 0.161 e. The van der Waals surface area contributed by atoms with Crippen LogP contribution < -0.4 is 9.47 Å². The van der Waals surface area contributed by atoms with Crippen molar-refractivity contribution in [2.45, 2.75) is 6.92 Å². The van der Waals surface area contributed by atoms with Crippen LogP contribution >= 0.6 is 0 Å². The van der Waals surface area contributed by atoms with Gasteiger partial charge in [-0.15, -0.1) is 0 Å². The standard InChI is InChI=1S/C16H17NO2/c1-12-10-14(8-9-17-12)5-4-13-6-7-15(18-2)16(11-13)19-3/h4-11H,1-3H3. The van der Waals surface area contributed by atoms with Crippen LogP contribution in [-0.4, -0.2) is 19.2 Å². The van der Waals surface area contributed by atoms with Crippen molar-refractivity contribution in [1.29, 1.82) is 0 Å². The number of rotatable bonds is 4. The maximum atomic E-state index is 5.28. The SMILES string of the molecule is COc1ccc(C=Cc2ccnc(C)c2)cc1OC. The van der Waals surface area contributed by atoms with Crippen molar-refractivity contribution in [3.05, 3.63) is 53.3 Å². The zero-order valence-electron chi connectivity index (χ0n) is 11.4. The lowest BCUT2D eigenvalue weighted by molar-refractivity contribution is 0.355. The zero-order valence-corrected chi connectivity index (χ0v) is 11.4. The first-order chi connectivity index (χ1) is 9.22. The predicted octanol–water partition coefficient (Wildman–Crippen LogP) is 3.58. The Morgan fingerprint density at radius 1 is 0.895 bits per heavy atom. The molecule has 0 amide bonds. The van der Waals surface area contributed by atoms with Crippen LogP contribution in [0.15, 0.2) is 36.5 Å². The normalized spacial score (nSPS) is 10.7. The summed E-state index contributed by atoms with van der Waals surface area (Å²) in [5, 5.41) is 0. The highest BCUT2D eigenvalue weighted by Crippen LogP contribution is 2.28. The van der Waals surface area contributed by atoms with Gasteiger partial charge in [-0.25, -0.2) is 0 Å². The average molecular weight is 255 g/mol. The van der Waals surface area contributed by atoms with Gasteiger partial charge in [-0.2, -0.15) is 0 Å². The lowest BCUT2D eigenvalue weighted by Crippen LogP contribution is -1.90. The first kappa shape index (κ1) is 13.1. The van der Waals surface area contributed by atoms with Gasteiger partial charge in [0, 0.05) is 11.9 Å². The number of pyridine rings is 1. The minimum atomic E-state index is 0.732. The van der Waals surface area contributed by atoms with Crippen LogP contribution in [0, 0.1) is 6.92 Å². The molecule has 0 aliphatic heterocycles. The van der Waals surface area contributed by atoms with Gasteiger partial charge >= 0.3 is 0 Å². The monoisotopic (exact) mass is 255 g/mol. The quantitative estimate of drug-likeness (QED) is 0.836. The van der Waals surface area contributed by atoms with Gasteiger partial charge in [0.1, 0.15) is 0 Å². The lowest BCUT2D eigenvalue weighted by Gasteiger charge is -2.07. The molecule has 0 radical (unpaired) electrons. The molecule has 0 unspecified atom stereocenters. The summed E-state index contributed by atoms with van der Waals surface area (Å²) in [5.74, 6) is 1.47. The van der Waals surface area contributed by atoms with Crippen LogP contribution in [0.25, 0.3) is 12.2 Å². The van der Waals surface area contributed by atoms with E-state index in [-0.39, 0.29) is 0 Å². The largest absolute Gasteiger partial charge is 0.493 e. The van der Waals surface area contributed by atoms with Crippen molar-refractivity contribution >= 4 is 12.2 Å². The highest BCUT2D eigenvalue weighted by Gasteiger charge is 2.02. The molecule has 0 spiro atoms. The van der Waals surface area contributed by atoms with Crippen molar-refractivity contribution in [3.63, 3.8) is 0 Å². The number of hydrogen-bond acceptors (Lipinski definition) is 3. The molecule has 2 aromatic rings. The van der Waals surface area contributed by atoms with Gasteiger partial charge in [-0.1, -0.05) is 18.2 Å². The molecule has 1 heterocycles. The van der Waals surface area contributed by atoms with E-state index in [0.29, 0.717) is 0 Å². The maximum Gasteiger partial charge on any atom is 0.161 e. The van der Waals surface area contributed by atoms with E-state index in [1.165, 1.54) is 0 Å². The Morgan fingerprint density at radius 2 is 1.58 bits per heavy atom. The number of benzene rings is 1. The Bertz CT molecular complexity index is 591. The van der Waals surface area contributed by atoms with Crippen LogP contribution in [0.3, 0.4) is 0 Å². The number of nitrogens with zero attached hydrogens (tertiary/aromatic N) is 1. The Labute approximate surface area is 113 Å². The summed E-state index contributed by atoms with van der Waals surface area (Å²) < 4.78 is 10.5. The van der Waals surface area contributed by atoms with Crippen LogP contribution in [0.5, 0.6) is 11.5 Å². The summed E-state index contributed by atoms with van der Waals surface area (Å²) in [5.41, 5.74) is 3.20. The van der Waals surface area contributed by atoms with E-state index in [2.05, 4.69) is 11.1 Å². The van der Waals surface area contributed by atoms with Crippen LogP contribution in [-0.2, 0) is 0 Å². The fraction of sp³-hybridized carbons (Fsp3) is 0.188. The zero-order chi connectivity index (χ0) is 13.7. The van der Waals surface area contributed by atoms with Gasteiger partial charge in [-0.3, -0.25) is 4.98 Å². The molecule has 1 aromatic heterocycles. The molecule has 2 rings (SSSR count). The second-order valence-electron chi connectivity index (χ2n) is 4.18. The summed E-state index contributed by atoms with van der Waals surface area (Å²) in [4.78, 5) is 4.17. The summed E-state index contributed by atoms with van der Waals surface area (Å²) in [6.45, 7) is 1.98. The van der Waals surface area contributed by atoms with Crippen LogP contribution in [0.1, 0.15) is 16.8 Å². The van der Waals surface area contributed by atoms with E-state index in [1.54, 1.807) is 14.2 Å². The lowest BCUT2D eigenvalue weighted by atomic mass is 10.1. The fourth-order valence-corrected chi connectivity index (χ4v) is 1.82. The topological polar surface area (TPSA) is 31.4 Å². The van der Waals surface area contributed by atoms with Gasteiger partial charge in [0.15, 0.2) is 11.5 Å². The Morgan fingerprint density at radius 3 is 2.21 bits per heavy atom. The maximum absolute atomic E-state index is 5.28. The molecule has 0 aliphatic carbocycles. The van der Waals surface area contributed by atoms with Crippen molar-refractivity contribution in [2.75, 3.05) is 14.2 Å². The first-order valence-electron chi connectivity index (χ1n) is 6.05. The van der Waals surface area contributed by atoms with E-state index in [0.717, 1.165) is 28.3 Å². The molecule has 0 aliphatic rings. The fourth-order valence-electron chi connectivity index (χ4n) is 1.82. The highest BCUT2D eigenvalue weighted by atomic mass is 16.5. The van der Waals surface area contributed by atoms with Crippen molar-refractivity contribution in [2.24, 2.45) is 0 Å². The molecule has 0 N–H and O–H groups in total. The number of aromatic nitrogens is 1. The van der Waals surface area contributed by atoms with Gasteiger partial charge in [0.25, 0.3) is 0 Å². The van der Waals surface area contributed by atoms with Crippen molar-refractivity contribution in [1.82, 2.24) is 4.98 Å². The minimum absolute atomic E-state index is 0.732. The molecule has 0 saturated carbocycles. The molecule has 19 heavy (non-hydrogen) atoms. The van der Waals surface area contributed by atoms with Crippen molar-refractivity contribution in [3.8, 4) is 11.5 Å². The third-order valence-electron chi connectivity index (χ3n) is 2.80. The van der Waals surface area contributed by atoms with Gasteiger partial charge in [0.2, 0.25) is 0 Å². The average Bonchev–Trinajstić information content (AvgIpc) is 2.45. The Balaban J connectivity index is 2.23. The van der Waals surface area contributed by atoms with E-state index in [4.69, 9.17) is 9.47 Å². The molecular formula is C16H17NO2. The molecule has 98 valence electrons.